The molecule has 0 radical (unpaired) electrons. The molecule has 0 aliphatic heterocycles. The normalized spacial score (nSPS) is 10.8. The van der Waals surface area contributed by atoms with E-state index in [1.165, 1.54) is 13.3 Å². The third-order valence-corrected chi connectivity index (χ3v) is 5.09. The molecule has 0 spiro atoms. The molecule has 5 nitrogen and oxygen atoms in total. The molecule has 0 saturated carbocycles. The van der Waals surface area contributed by atoms with Crippen LogP contribution in [0, 0.1) is 0 Å². The Hall–Kier alpha value is -2.54. The molecule has 3 aromatic carbocycles. The van der Waals surface area contributed by atoms with Crippen LogP contribution in [-0.4, -0.2) is 19.2 Å². The van der Waals surface area contributed by atoms with Crippen molar-refractivity contribution in [3.63, 3.8) is 0 Å². The Kier molecular flexibility index (Phi) is 7.74. The van der Waals surface area contributed by atoms with Crippen LogP contribution in [0.2, 0.25) is 10.0 Å². The van der Waals surface area contributed by atoms with E-state index in [1.807, 2.05) is 12.1 Å². The number of hydrogen-bond acceptors (Lipinski definition) is 4. The number of nitrogens with zero attached hydrogens (tertiary/aromatic N) is 1. The highest BCUT2D eigenvalue weighted by molar-refractivity contribution is 9.10. The van der Waals surface area contributed by atoms with Gasteiger partial charge in [-0.05, 0) is 59.7 Å². The number of hydrazone groups is 1. The Bertz CT molecular complexity index is 1070. The second-order valence-corrected chi connectivity index (χ2v) is 7.91. The predicted molar refractivity (Wildman–Crippen MR) is 123 cm³/mol. The van der Waals surface area contributed by atoms with Crippen molar-refractivity contribution in [2.24, 2.45) is 5.10 Å². The third-order valence-electron chi connectivity index (χ3n) is 4.05. The Balaban J connectivity index is 1.61. The molecule has 0 fully saturated rings. The number of benzene rings is 3. The number of nitrogens with one attached hydrogen (secondary N) is 1. The number of methoxy groups -OCH3 is 1. The fourth-order valence-electron chi connectivity index (χ4n) is 2.54. The van der Waals surface area contributed by atoms with Crippen molar-refractivity contribution in [1.82, 2.24) is 5.43 Å². The molecule has 0 unspecified atom stereocenters. The van der Waals surface area contributed by atoms with E-state index in [2.05, 4.69) is 26.5 Å². The minimum atomic E-state index is -0.390. The van der Waals surface area contributed by atoms with E-state index in [4.69, 9.17) is 32.7 Å². The smallest absolute Gasteiger partial charge is 0.275 e. The summed E-state index contributed by atoms with van der Waals surface area (Å²) in [6.45, 7) is 0.370. The second-order valence-electron chi connectivity index (χ2n) is 6.15. The van der Waals surface area contributed by atoms with Crippen LogP contribution in [0.4, 0.5) is 0 Å². The largest absolute Gasteiger partial charge is 0.496 e. The van der Waals surface area contributed by atoms with E-state index < -0.39 is 5.91 Å². The fraction of sp³-hybridized carbons (Fsp3) is 0.0909. The lowest BCUT2D eigenvalue weighted by Crippen LogP contribution is -2.18. The Labute approximate surface area is 192 Å². The minimum absolute atomic E-state index is 0.369. The van der Waals surface area contributed by atoms with Gasteiger partial charge >= 0.3 is 0 Å². The van der Waals surface area contributed by atoms with Gasteiger partial charge in [0.1, 0.15) is 18.1 Å². The summed E-state index contributed by atoms with van der Waals surface area (Å²) >= 11 is 15.5. The summed E-state index contributed by atoms with van der Waals surface area (Å²) in [5, 5.41) is 5.10. The van der Waals surface area contributed by atoms with Gasteiger partial charge in [-0.15, -0.1) is 0 Å². The predicted octanol–water partition coefficient (Wildman–Crippen LogP) is 6.11. The summed E-state index contributed by atoms with van der Waals surface area (Å²) in [5.74, 6) is 0.612. The second kappa shape index (κ2) is 10.5. The van der Waals surface area contributed by atoms with Crippen molar-refractivity contribution < 1.29 is 14.3 Å². The number of carbonyl (C=O) groups excluding carboxylic acids is 1. The van der Waals surface area contributed by atoms with Gasteiger partial charge in [0.05, 0.1) is 23.9 Å². The van der Waals surface area contributed by atoms with Crippen molar-refractivity contribution in [3.8, 4) is 11.5 Å². The van der Waals surface area contributed by atoms with Gasteiger partial charge < -0.3 is 9.47 Å². The van der Waals surface area contributed by atoms with Crippen LogP contribution in [0.3, 0.4) is 0 Å². The number of ether oxygens (including phenoxy) is 2. The summed E-state index contributed by atoms with van der Waals surface area (Å²) in [6, 6.07) is 17.8. The Morgan fingerprint density at radius 3 is 2.50 bits per heavy atom. The van der Waals surface area contributed by atoms with Crippen molar-refractivity contribution in [2.45, 2.75) is 6.61 Å². The third kappa shape index (κ3) is 5.98. The number of halogens is 3. The standard InChI is InChI=1S/C22H17BrCl2N2O3/c1-29-20-9-5-16(23)11-18(20)22(28)27-26-12-15-4-8-21(19(25)10-15)30-13-14-2-6-17(24)7-3-14/h2-12H,13H2,1H3,(H,27,28)/b26-12-. The number of hydrogen-bond donors (Lipinski definition) is 1. The van der Waals surface area contributed by atoms with Gasteiger partial charge in [0.15, 0.2) is 0 Å². The number of rotatable bonds is 7. The SMILES string of the molecule is COc1ccc(Br)cc1C(=O)N/N=C\c1ccc(OCc2ccc(Cl)cc2)c(Cl)c1. The quantitative estimate of drug-likeness (QED) is 0.310. The Morgan fingerprint density at radius 2 is 1.80 bits per heavy atom. The van der Waals surface area contributed by atoms with Crippen LogP contribution in [0.25, 0.3) is 0 Å². The van der Waals surface area contributed by atoms with Crippen LogP contribution in [0.1, 0.15) is 21.5 Å². The molecule has 0 aromatic heterocycles. The maximum absolute atomic E-state index is 12.3. The maximum Gasteiger partial charge on any atom is 0.275 e. The first-order valence-electron chi connectivity index (χ1n) is 8.80. The first-order valence-corrected chi connectivity index (χ1v) is 10.3. The van der Waals surface area contributed by atoms with Crippen LogP contribution in [-0.2, 0) is 6.61 Å². The van der Waals surface area contributed by atoms with Gasteiger partial charge in [-0.2, -0.15) is 5.10 Å². The van der Waals surface area contributed by atoms with E-state index in [0.29, 0.717) is 39.3 Å². The van der Waals surface area contributed by atoms with E-state index in [1.54, 1.807) is 48.5 Å². The summed E-state index contributed by atoms with van der Waals surface area (Å²) in [6.07, 6.45) is 1.50. The molecule has 3 rings (SSSR count). The molecule has 1 N–H and O–H groups in total. The topological polar surface area (TPSA) is 59.9 Å². The molecule has 0 aliphatic carbocycles. The van der Waals surface area contributed by atoms with Crippen molar-refractivity contribution >= 4 is 51.3 Å². The first-order chi connectivity index (χ1) is 14.5. The van der Waals surface area contributed by atoms with E-state index in [9.17, 15) is 4.79 Å². The average molecular weight is 508 g/mol. The summed E-state index contributed by atoms with van der Waals surface area (Å²) < 4.78 is 11.7. The van der Waals surface area contributed by atoms with Crippen LogP contribution in [0.15, 0.2) is 70.2 Å². The van der Waals surface area contributed by atoms with E-state index >= 15 is 0 Å². The molecule has 8 heteroatoms. The Morgan fingerprint density at radius 1 is 1.07 bits per heavy atom. The summed E-state index contributed by atoms with van der Waals surface area (Å²) in [7, 11) is 1.50. The van der Waals surface area contributed by atoms with Gasteiger partial charge in [0.2, 0.25) is 0 Å². The summed E-state index contributed by atoms with van der Waals surface area (Å²) in [5.41, 5.74) is 4.53. The highest BCUT2D eigenvalue weighted by Gasteiger charge is 2.12. The van der Waals surface area contributed by atoms with Crippen LogP contribution < -0.4 is 14.9 Å². The van der Waals surface area contributed by atoms with Gasteiger partial charge in [-0.25, -0.2) is 5.43 Å². The van der Waals surface area contributed by atoms with Gasteiger partial charge in [-0.3, -0.25) is 4.79 Å². The van der Waals surface area contributed by atoms with Crippen molar-refractivity contribution in [2.75, 3.05) is 7.11 Å². The van der Waals surface area contributed by atoms with E-state index in [-0.39, 0.29) is 0 Å². The van der Waals surface area contributed by atoms with Gasteiger partial charge in [0, 0.05) is 9.50 Å². The molecule has 30 heavy (non-hydrogen) atoms. The average Bonchev–Trinajstić information content (AvgIpc) is 2.74. The highest BCUT2D eigenvalue weighted by atomic mass is 79.9. The molecule has 0 heterocycles. The number of carbonyl (C=O) groups is 1. The lowest BCUT2D eigenvalue weighted by Gasteiger charge is -2.09. The van der Waals surface area contributed by atoms with Crippen molar-refractivity contribution in [3.05, 3.63) is 91.9 Å². The monoisotopic (exact) mass is 506 g/mol. The first kappa shape index (κ1) is 22.2. The molecule has 1 amide bonds. The molecule has 0 saturated heterocycles. The van der Waals surface area contributed by atoms with E-state index in [0.717, 1.165) is 10.0 Å². The fourth-order valence-corrected chi connectivity index (χ4v) is 3.27. The zero-order valence-electron chi connectivity index (χ0n) is 15.9. The molecule has 0 atom stereocenters. The zero-order chi connectivity index (χ0) is 21.5. The molecule has 0 aliphatic rings. The highest BCUT2D eigenvalue weighted by Crippen LogP contribution is 2.26. The van der Waals surface area contributed by atoms with Crippen molar-refractivity contribution in [1.29, 1.82) is 0 Å². The summed E-state index contributed by atoms with van der Waals surface area (Å²) in [4.78, 5) is 12.3. The van der Waals surface area contributed by atoms with Gasteiger partial charge in [-0.1, -0.05) is 51.3 Å². The molecular formula is C22H17BrCl2N2O3. The molecule has 3 aromatic rings. The molecule has 0 bridgehead atoms. The molecule has 154 valence electrons. The zero-order valence-corrected chi connectivity index (χ0v) is 19.0. The number of amides is 1. The molecular weight excluding hydrogens is 491 g/mol. The lowest BCUT2D eigenvalue weighted by atomic mass is 10.2. The minimum Gasteiger partial charge on any atom is -0.496 e. The lowest BCUT2D eigenvalue weighted by molar-refractivity contribution is 0.0952. The van der Waals surface area contributed by atoms with Crippen LogP contribution in [0.5, 0.6) is 11.5 Å². The van der Waals surface area contributed by atoms with Crippen LogP contribution >= 0.6 is 39.1 Å². The maximum atomic E-state index is 12.3. The van der Waals surface area contributed by atoms with Gasteiger partial charge in [0.25, 0.3) is 5.91 Å².